The maximum Gasteiger partial charge on any atom is 0.271 e. The third-order valence-corrected chi connectivity index (χ3v) is 6.03. The Morgan fingerprint density at radius 1 is 1.34 bits per heavy atom. The van der Waals surface area contributed by atoms with E-state index in [1.807, 2.05) is 13.0 Å². The van der Waals surface area contributed by atoms with Gasteiger partial charge in [-0.1, -0.05) is 30.0 Å². The number of hydrogen-bond acceptors (Lipinski definition) is 7. The summed E-state index contributed by atoms with van der Waals surface area (Å²) in [6.07, 6.45) is 1.72. The highest BCUT2D eigenvalue weighted by Gasteiger charge is 2.34. The zero-order valence-corrected chi connectivity index (χ0v) is 19.2. The normalized spacial score (nSPS) is 15.1. The number of amides is 1. The maximum atomic E-state index is 12.9. The minimum atomic E-state index is -0.508. The minimum Gasteiger partial charge on any atom is -0.492 e. The van der Waals surface area contributed by atoms with Crippen molar-refractivity contribution in [1.82, 2.24) is 0 Å². The van der Waals surface area contributed by atoms with E-state index >= 15 is 0 Å². The number of nitro benzene ring substituents is 1. The second-order valence-electron chi connectivity index (χ2n) is 5.76. The predicted molar refractivity (Wildman–Crippen MR) is 126 cm³/mol. The molecule has 3 rings (SSSR count). The van der Waals surface area contributed by atoms with Crippen molar-refractivity contribution in [3.63, 3.8) is 0 Å². The highest BCUT2D eigenvalue weighted by Crippen LogP contribution is 2.39. The van der Waals surface area contributed by atoms with Crippen LogP contribution in [-0.4, -0.2) is 28.9 Å². The van der Waals surface area contributed by atoms with Crippen molar-refractivity contribution in [2.75, 3.05) is 18.6 Å². The van der Waals surface area contributed by atoms with E-state index in [2.05, 4.69) is 22.6 Å². The molecule has 1 saturated heterocycles. The van der Waals surface area contributed by atoms with Crippen LogP contribution in [0.25, 0.3) is 6.08 Å². The highest BCUT2D eigenvalue weighted by molar-refractivity contribution is 14.1. The summed E-state index contributed by atoms with van der Waals surface area (Å²) in [6, 6.07) is 9.51. The van der Waals surface area contributed by atoms with E-state index in [9.17, 15) is 14.9 Å². The SMILES string of the molecule is CCOc1cc(/C=C2\SC(=S)N(c3cccc([N+](=O)[O-])c3)C2=O)cc(I)c1OC. The van der Waals surface area contributed by atoms with Gasteiger partial charge >= 0.3 is 0 Å². The van der Waals surface area contributed by atoms with Crippen molar-refractivity contribution in [3.05, 3.63) is 60.6 Å². The first-order chi connectivity index (χ1) is 13.8. The van der Waals surface area contributed by atoms with Crippen molar-refractivity contribution in [2.24, 2.45) is 0 Å². The fourth-order valence-corrected chi connectivity index (χ4v) is 4.86. The van der Waals surface area contributed by atoms with E-state index in [4.69, 9.17) is 21.7 Å². The summed E-state index contributed by atoms with van der Waals surface area (Å²) in [5.41, 5.74) is 1.02. The van der Waals surface area contributed by atoms with Crippen LogP contribution >= 0.6 is 46.6 Å². The number of thiocarbonyl (C=S) groups is 1. The monoisotopic (exact) mass is 542 g/mol. The van der Waals surface area contributed by atoms with Crippen LogP contribution in [0.15, 0.2) is 41.3 Å². The molecule has 7 nitrogen and oxygen atoms in total. The van der Waals surface area contributed by atoms with Gasteiger partial charge in [-0.15, -0.1) is 0 Å². The van der Waals surface area contributed by atoms with Gasteiger partial charge in [0.25, 0.3) is 11.6 Å². The van der Waals surface area contributed by atoms with Crippen LogP contribution < -0.4 is 14.4 Å². The van der Waals surface area contributed by atoms with Crippen LogP contribution in [0.5, 0.6) is 11.5 Å². The average molecular weight is 542 g/mol. The number of nitro groups is 1. The van der Waals surface area contributed by atoms with Gasteiger partial charge in [0, 0.05) is 12.1 Å². The molecule has 0 saturated carbocycles. The molecule has 0 bridgehead atoms. The fourth-order valence-electron chi connectivity index (χ4n) is 2.72. The quantitative estimate of drug-likeness (QED) is 0.167. The molecule has 1 fully saturated rings. The molecule has 0 aromatic heterocycles. The molecule has 1 aliphatic rings. The van der Waals surface area contributed by atoms with Gasteiger partial charge in [0.1, 0.15) is 0 Å². The molecule has 1 aliphatic heterocycles. The average Bonchev–Trinajstić information content (AvgIpc) is 2.95. The maximum absolute atomic E-state index is 12.9. The molecule has 1 amide bonds. The number of non-ortho nitro benzene ring substituents is 1. The largest absolute Gasteiger partial charge is 0.492 e. The summed E-state index contributed by atoms with van der Waals surface area (Å²) in [7, 11) is 1.57. The fraction of sp³-hybridized carbons (Fsp3) is 0.158. The summed E-state index contributed by atoms with van der Waals surface area (Å²) in [4.78, 5) is 25.2. The molecule has 2 aromatic rings. The number of rotatable bonds is 6. The Bertz CT molecular complexity index is 1040. The zero-order valence-electron chi connectivity index (χ0n) is 15.4. The Hall–Kier alpha value is -2.18. The molecule has 0 radical (unpaired) electrons. The number of ether oxygens (including phenoxy) is 2. The summed E-state index contributed by atoms with van der Waals surface area (Å²) in [5.74, 6) is 0.889. The van der Waals surface area contributed by atoms with E-state index < -0.39 is 4.92 Å². The highest BCUT2D eigenvalue weighted by atomic mass is 127. The first-order valence-corrected chi connectivity index (χ1v) is 10.7. The lowest BCUT2D eigenvalue weighted by molar-refractivity contribution is -0.384. The molecule has 0 spiro atoms. The molecule has 10 heteroatoms. The number of carbonyl (C=O) groups excluding carboxylic acids is 1. The van der Waals surface area contributed by atoms with E-state index in [1.165, 1.54) is 23.1 Å². The number of anilines is 1. The zero-order chi connectivity index (χ0) is 21.1. The third kappa shape index (κ3) is 4.54. The second kappa shape index (κ2) is 9.09. The Labute approximate surface area is 190 Å². The van der Waals surface area contributed by atoms with Crippen molar-refractivity contribution < 1.29 is 19.2 Å². The lowest BCUT2D eigenvalue weighted by Crippen LogP contribution is -2.27. The van der Waals surface area contributed by atoms with Crippen molar-refractivity contribution in [3.8, 4) is 11.5 Å². The van der Waals surface area contributed by atoms with Gasteiger partial charge in [-0.05, 0) is 59.4 Å². The van der Waals surface area contributed by atoms with Crippen LogP contribution in [0.4, 0.5) is 11.4 Å². The van der Waals surface area contributed by atoms with Crippen LogP contribution in [-0.2, 0) is 4.79 Å². The second-order valence-corrected chi connectivity index (χ2v) is 8.60. The number of benzene rings is 2. The van der Waals surface area contributed by atoms with Crippen LogP contribution in [0, 0.1) is 13.7 Å². The molecule has 1 heterocycles. The van der Waals surface area contributed by atoms with E-state index in [0.29, 0.717) is 33.0 Å². The van der Waals surface area contributed by atoms with Crippen molar-refractivity contribution in [1.29, 1.82) is 0 Å². The van der Waals surface area contributed by atoms with Gasteiger partial charge in [-0.2, -0.15) is 0 Å². The van der Waals surface area contributed by atoms with Gasteiger partial charge in [0.2, 0.25) is 0 Å². The van der Waals surface area contributed by atoms with Gasteiger partial charge in [-0.3, -0.25) is 19.8 Å². The molecule has 0 atom stereocenters. The Morgan fingerprint density at radius 3 is 2.76 bits per heavy atom. The summed E-state index contributed by atoms with van der Waals surface area (Å²) in [6.45, 7) is 2.36. The minimum absolute atomic E-state index is 0.105. The molecule has 0 unspecified atom stereocenters. The summed E-state index contributed by atoms with van der Waals surface area (Å²) in [5, 5.41) is 11.0. The lowest BCUT2D eigenvalue weighted by atomic mass is 10.1. The molecule has 2 aromatic carbocycles. The predicted octanol–water partition coefficient (Wildman–Crippen LogP) is 5.01. The summed E-state index contributed by atoms with van der Waals surface area (Å²) >= 11 is 8.64. The van der Waals surface area contributed by atoms with Crippen LogP contribution in [0.2, 0.25) is 0 Å². The van der Waals surface area contributed by atoms with E-state index in [-0.39, 0.29) is 11.6 Å². The number of methoxy groups -OCH3 is 1. The van der Waals surface area contributed by atoms with Gasteiger partial charge in [-0.25, -0.2) is 0 Å². The van der Waals surface area contributed by atoms with E-state index in [0.717, 1.165) is 20.9 Å². The molecular weight excluding hydrogens is 527 g/mol. The smallest absolute Gasteiger partial charge is 0.271 e. The standard InChI is InChI=1S/C19H15IN2O5S2/c1-3-27-15-8-11(7-14(20)17(15)26-2)9-16-18(23)21(19(28)29-16)12-5-4-6-13(10-12)22(24)25/h4-10H,3H2,1-2H3/b16-9-. The topological polar surface area (TPSA) is 81.9 Å². The van der Waals surface area contributed by atoms with E-state index in [1.54, 1.807) is 25.3 Å². The number of nitrogens with zero attached hydrogens (tertiary/aromatic N) is 2. The van der Waals surface area contributed by atoms with Crippen molar-refractivity contribution in [2.45, 2.75) is 6.92 Å². The number of hydrogen-bond donors (Lipinski definition) is 0. The van der Waals surface area contributed by atoms with Crippen molar-refractivity contribution >= 4 is 74.2 Å². The van der Waals surface area contributed by atoms with Gasteiger partial charge < -0.3 is 9.47 Å². The van der Waals surface area contributed by atoms with Gasteiger partial charge in [0.15, 0.2) is 15.8 Å². The number of thioether (sulfide) groups is 1. The molecule has 0 N–H and O–H groups in total. The van der Waals surface area contributed by atoms with Gasteiger partial charge in [0.05, 0.1) is 32.8 Å². The first-order valence-electron chi connectivity index (χ1n) is 8.38. The molecular formula is C19H15IN2O5S2. The van der Waals surface area contributed by atoms with Crippen LogP contribution in [0.1, 0.15) is 12.5 Å². The third-order valence-electron chi connectivity index (χ3n) is 3.93. The molecule has 0 aliphatic carbocycles. The Balaban J connectivity index is 1.96. The van der Waals surface area contributed by atoms with Crippen LogP contribution in [0.3, 0.4) is 0 Å². The Kier molecular flexibility index (Phi) is 6.75. The summed E-state index contributed by atoms with van der Waals surface area (Å²) < 4.78 is 12.2. The first kappa shape index (κ1) is 21.5. The molecule has 150 valence electrons. The number of halogens is 1. The molecule has 29 heavy (non-hydrogen) atoms. The lowest BCUT2D eigenvalue weighted by Gasteiger charge is -2.14. The Morgan fingerprint density at radius 2 is 2.10 bits per heavy atom. The number of carbonyl (C=O) groups is 1.